The highest BCUT2D eigenvalue weighted by Crippen LogP contribution is 2.24. The van der Waals surface area contributed by atoms with Crippen molar-refractivity contribution in [3.05, 3.63) is 63.9 Å². The number of H-pyrrole nitrogens is 1. The van der Waals surface area contributed by atoms with Crippen LogP contribution in [0.2, 0.25) is 5.02 Å². The minimum Gasteiger partial charge on any atom is -0.325 e. The first-order valence-electron chi connectivity index (χ1n) is 9.39. The zero-order valence-electron chi connectivity index (χ0n) is 16.8. The van der Waals surface area contributed by atoms with E-state index in [-0.39, 0.29) is 34.3 Å². The summed E-state index contributed by atoms with van der Waals surface area (Å²) in [7, 11) is 0. The molecule has 0 aliphatic carbocycles. The van der Waals surface area contributed by atoms with Gasteiger partial charge in [-0.05, 0) is 24.3 Å². The molecule has 3 aromatic rings. The predicted octanol–water partition coefficient (Wildman–Crippen LogP) is 3.81. The first-order valence-corrected chi connectivity index (χ1v) is 10.8. The maximum absolute atomic E-state index is 12.6. The van der Waals surface area contributed by atoms with Crippen molar-refractivity contribution in [2.24, 2.45) is 5.92 Å². The number of nitrogens with one attached hydrogen (secondary N) is 3. The first kappa shape index (κ1) is 22.5. The summed E-state index contributed by atoms with van der Waals surface area (Å²) < 4.78 is 0. The second kappa shape index (κ2) is 10.2. The molecule has 0 saturated carbocycles. The number of thioether (sulfide) groups is 1. The van der Waals surface area contributed by atoms with E-state index in [2.05, 4.69) is 25.8 Å². The van der Waals surface area contributed by atoms with Crippen molar-refractivity contribution in [3.8, 4) is 11.3 Å². The number of carbonyl (C=O) groups is 2. The summed E-state index contributed by atoms with van der Waals surface area (Å²) >= 11 is 6.95. The molecule has 0 atom stereocenters. The quantitative estimate of drug-likeness (QED) is 0.464. The maximum atomic E-state index is 12.6. The van der Waals surface area contributed by atoms with Crippen molar-refractivity contribution in [1.29, 1.82) is 0 Å². The number of aromatic nitrogens is 3. The van der Waals surface area contributed by atoms with Gasteiger partial charge < -0.3 is 10.6 Å². The Bertz CT molecular complexity index is 1170. The summed E-state index contributed by atoms with van der Waals surface area (Å²) in [4.78, 5) is 39.4. The number of hydrogen-bond acceptors (Lipinski definition) is 6. The van der Waals surface area contributed by atoms with Crippen molar-refractivity contribution < 1.29 is 9.59 Å². The molecule has 31 heavy (non-hydrogen) atoms. The van der Waals surface area contributed by atoms with Crippen molar-refractivity contribution >= 4 is 46.6 Å². The highest BCUT2D eigenvalue weighted by atomic mass is 35.5. The number of aromatic amines is 1. The monoisotopic (exact) mass is 457 g/mol. The average molecular weight is 458 g/mol. The second-order valence-electron chi connectivity index (χ2n) is 6.84. The molecule has 3 N–H and O–H groups in total. The van der Waals surface area contributed by atoms with Gasteiger partial charge in [0.05, 0.1) is 11.4 Å². The molecule has 160 valence electrons. The fourth-order valence-corrected chi connectivity index (χ4v) is 3.33. The summed E-state index contributed by atoms with van der Waals surface area (Å²) in [6.45, 7) is 3.55. The average Bonchev–Trinajstić information content (AvgIpc) is 2.73. The molecule has 2 amide bonds. The Kier molecular flexibility index (Phi) is 7.43. The van der Waals surface area contributed by atoms with E-state index in [1.54, 1.807) is 62.4 Å². The third kappa shape index (κ3) is 6.16. The molecule has 1 heterocycles. The van der Waals surface area contributed by atoms with Crippen molar-refractivity contribution in [3.63, 3.8) is 0 Å². The number of hydrogen-bond donors (Lipinski definition) is 3. The zero-order chi connectivity index (χ0) is 22.4. The second-order valence-corrected chi connectivity index (χ2v) is 8.25. The lowest BCUT2D eigenvalue weighted by molar-refractivity contribution is -0.119. The SMILES string of the molecule is CC(C)C(=O)Nc1ccccc1-c1nnc(SCC(=O)Nc2cccc(Cl)c2)[nH]c1=O. The molecule has 0 radical (unpaired) electrons. The van der Waals surface area contributed by atoms with Crippen LogP contribution < -0.4 is 16.2 Å². The van der Waals surface area contributed by atoms with Gasteiger partial charge in [0.2, 0.25) is 11.8 Å². The number of anilines is 2. The van der Waals surface area contributed by atoms with Crippen LogP contribution in [0.15, 0.2) is 58.5 Å². The van der Waals surface area contributed by atoms with Crippen LogP contribution in [-0.2, 0) is 9.59 Å². The number of nitrogens with zero attached hydrogens (tertiary/aromatic N) is 2. The fraction of sp³-hybridized carbons (Fsp3) is 0.190. The van der Waals surface area contributed by atoms with Crippen molar-refractivity contribution in [2.45, 2.75) is 19.0 Å². The van der Waals surface area contributed by atoms with Crippen LogP contribution in [0.5, 0.6) is 0 Å². The summed E-state index contributed by atoms with van der Waals surface area (Å²) in [6.07, 6.45) is 0. The molecule has 0 bridgehead atoms. The molecular formula is C21H20ClN5O3S. The Morgan fingerprint density at radius 1 is 1.10 bits per heavy atom. The number of rotatable bonds is 7. The van der Waals surface area contributed by atoms with E-state index in [1.807, 2.05) is 0 Å². The highest BCUT2D eigenvalue weighted by Gasteiger charge is 2.15. The number of amides is 2. The van der Waals surface area contributed by atoms with Crippen LogP contribution in [0.1, 0.15) is 13.8 Å². The number of carbonyl (C=O) groups excluding carboxylic acids is 2. The fourth-order valence-electron chi connectivity index (χ4n) is 2.54. The topological polar surface area (TPSA) is 117 Å². The number of halogens is 1. The molecule has 10 heteroatoms. The number of para-hydroxylation sites is 1. The van der Waals surface area contributed by atoms with Crippen molar-refractivity contribution in [2.75, 3.05) is 16.4 Å². The highest BCUT2D eigenvalue weighted by molar-refractivity contribution is 7.99. The van der Waals surface area contributed by atoms with E-state index < -0.39 is 5.56 Å². The summed E-state index contributed by atoms with van der Waals surface area (Å²) in [5.41, 5.74) is 1.11. The molecule has 0 spiro atoms. The van der Waals surface area contributed by atoms with Gasteiger partial charge in [-0.25, -0.2) is 0 Å². The van der Waals surface area contributed by atoms with Gasteiger partial charge in [0.25, 0.3) is 5.56 Å². The number of benzene rings is 2. The van der Waals surface area contributed by atoms with Crippen LogP contribution in [0, 0.1) is 5.92 Å². The van der Waals surface area contributed by atoms with E-state index in [4.69, 9.17) is 11.6 Å². The molecule has 0 aliphatic rings. The zero-order valence-corrected chi connectivity index (χ0v) is 18.4. The van der Waals surface area contributed by atoms with E-state index in [1.165, 1.54) is 0 Å². The van der Waals surface area contributed by atoms with E-state index >= 15 is 0 Å². The van der Waals surface area contributed by atoms with Crippen LogP contribution >= 0.6 is 23.4 Å². The lowest BCUT2D eigenvalue weighted by atomic mass is 10.1. The lowest BCUT2D eigenvalue weighted by Crippen LogP contribution is -2.20. The van der Waals surface area contributed by atoms with Gasteiger partial charge in [0.15, 0.2) is 10.9 Å². The Morgan fingerprint density at radius 3 is 2.58 bits per heavy atom. The maximum Gasteiger partial charge on any atom is 0.278 e. The molecule has 2 aromatic carbocycles. The Labute approximate surface area is 187 Å². The van der Waals surface area contributed by atoms with Crippen LogP contribution in [0.3, 0.4) is 0 Å². The normalized spacial score (nSPS) is 10.7. The van der Waals surface area contributed by atoms with E-state index in [0.29, 0.717) is 22.0 Å². The standard InChI is InChI=1S/C21H20ClN5O3S/c1-12(2)19(29)24-16-9-4-3-8-15(16)18-20(30)25-21(27-26-18)31-11-17(28)23-14-7-5-6-13(22)10-14/h3-10,12H,11H2,1-2H3,(H,23,28)(H,24,29)(H,25,27,30). The van der Waals surface area contributed by atoms with Gasteiger partial charge in [-0.1, -0.05) is 61.5 Å². The van der Waals surface area contributed by atoms with Gasteiger partial charge in [-0.3, -0.25) is 19.4 Å². The van der Waals surface area contributed by atoms with Gasteiger partial charge in [0.1, 0.15) is 0 Å². The van der Waals surface area contributed by atoms with Gasteiger partial charge in [-0.15, -0.1) is 10.2 Å². The summed E-state index contributed by atoms with van der Waals surface area (Å²) in [6, 6.07) is 13.7. The summed E-state index contributed by atoms with van der Waals surface area (Å²) in [5.74, 6) is -0.637. The van der Waals surface area contributed by atoms with Crippen LogP contribution in [0.25, 0.3) is 11.3 Å². The third-order valence-corrected chi connectivity index (χ3v) is 5.19. The van der Waals surface area contributed by atoms with Crippen LogP contribution in [-0.4, -0.2) is 32.7 Å². The summed E-state index contributed by atoms with van der Waals surface area (Å²) in [5, 5.41) is 14.3. The molecule has 0 unspecified atom stereocenters. The van der Waals surface area contributed by atoms with Crippen LogP contribution in [0.4, 0.5) is 11.4 Å². The molecule has 0 aliphatic heterocycles. The first-order chi connectivity index (χ1) is 14.8. The Hall–Kier alpha value is -3.17. The third-order valence-electron chi connectivity index (χ3n) is 4.09. The van der Waals surface area contributed by atoms with Gasteiger partial charge in [-0.2, -0.15) is 0 Å². The minimum absolute atomic E-state index is 0.0253. The molecule has 3 rings (SSSR count). The molecule has 0 fully saturated rings. The smallest absolute Gasteiger partial charge is 0.278 e. The van der Waals surface area contributed by atoms with E-state index in [9.17, 15) is 14.4 Å². The molecule has 1 aromatic heterocycles. The Morgan fingerprint density at radius 2 is 1.87 bits per heavy atom. The molecule has 0 saturated heterocycles. The van der Waals surface area contributed by atoms with Gasteiger partial charge >= 0.3 is 0 Å². The molecule has 8 nitrogen and oxygen atoms in total. The van der Waals surface area contributed by atoms with E-state index in [0.717, 1.165) is 11.8 Å². The minimum atomic E-state index is -0.473. The lowest BCUT2D eigenvalue weighted by Gasteiger charge is -2.11. The largest absolute Gasteiger partial charge is 0.325 e. The van der Waals surface area contributed by atoms with Gasteiger partial charge in [0, 0.05) is 22.2 Å². The van der Waals surface area contributed by atoms with Crippen molar-refractivity contribution in [1.82, 2.24) is 15.2 Å². The predicted molar refractivity (Wildman–Crippen MR) is 122 cm³/mol. The molecular weight excluding hydrogens is 438 g/mol. The Balaban J connectivity index is 1.70.